The topological polar surface area (TPSA) is 86.6 Å². The second-order valence-electron chi connectivity index (χ2n) is 7.60. The summed E-state index contributed by atoms with van der Waals surface area (Å²) in [4.78, 5) is 0.544. The number of hydrogen-bond donors (Lipinski definition) is 3. The molecule has 8 heteroatoms. The molecule has 0 saturated heterocycles. The molecular formula is C23H26ClNO4S2. The summed E-state index contributed by atoms with van der Waals surface area (Å²) in [6, 6.07) is 21.7. The van der Waals surface area contributed by atoms with Crippen LogP contribution in [0.4, 0.5) is 0 Å². The standard InChI is InChI=1S/C23H25NO4S2.ClH/c1-17-10-12-18(13-11-17)14-24-15-19-6-5-9-21-23(19)22(16-29(21,25)26)30(27,28)20-7-3-2-4-8-20;/h2-13,22,24-26H,14-16H2,1H3;1H. The zero-order chi connectivity index (χ0) is 21.4. The van der Waals surface area contributed by atoms with Crippen LogP contribution in [0.3, 0.4) is 0 Å². The van der Waals surface area contributed by atoms with E-state index in [1.807, 2.05) is 13.0 Å². The van der Waals surface area contributed by atoms with E-state index in [2.05, 4.69) is 29.6 Å². The highest BCUT2D eigenvalue weighted by Gasteiger charge is 2.44. The van der Waals surface area contributed by atoms with E-state index in [1.165, 1.54) is 5.56 Å². The van der Waals surface area contributed by atoms with Crippen LogP contribution in [-0.2, 0) is 22.9 Å². The monoisotopic (exact) mass is 479 g/mol. The molecule has 1 aliphatic heterocycles. The molecule has 3 aromatic carbocycles. The maximum Gasteiger partial charge on any atom is 0.187 e. The van der Waals surface area contributed by atoms with E-state index < -0.39 is 25.7 Å². The second-order valence-corrected chi connectivity index (χ2v) is 11.8. The van der Waals surface area contributed by atoms with Gasteiger partial charge in [0, 0.05) is 13.1 Å². The molecule has 3 N–H and O–H groups in total. The Morgan fingerprint density at radius 1 is 0.935 bits per heavy atom. The number of rotatable bonds is 6. The van der Waals surface area contributed by atoms with Gasteiger partial charge in [-0.25, -0.2) is 8.42 Å². The van der Waals surface area contributed by atoms with Crippen molar-refractivity contribution in [3.63, 3.8) is 0 Å². The van der Waals surface area contributed by atoms with E-state index in [9.17, 15) is 17.5 Å². The van der Waals surface area contributed by atoms with Crippen molar-refractivity contribution < 1.29 is 17.5 Å². The first kappa shape index (κ1) is 23.8. The van der Waals surface area contributed by atoms with Crippen LogP contribution < -0.4 is 5.32 Å². The Kier molecular flexibility index (Phi) is 7.15. The van der Waals surface area contributed by atoms with Gasteiger partial charge in [0.2, 0.25) is 0 Å². The zero-order valence-corrected chi connectivity index (χ0v) is 19.5. The first-order valence-corrected chi connectivity index (χ1v) is 13.0. The van der Waals surface area contributed by atoms with Gasteiger partial charge in [0.25, 0.3) is 0 Å². The average Bonchev–Trinajstić information content (AvgIpc) is 3.03. The molecule has 4 rings (SSSR count). The largest absolute Gasteiger partial charge is 0.309 e. The first-order valence-electron chi connectivity index (χ1n) is 9.72. The SMILES string of the molecule is Cc1ccc(CNCc2cccc3c2C(S(=O)(=O)c2ccccc2)CS3(O)O)cc1.Cl. The van der Waals surface area contributed by atoms with Crippen molar-refractivity contribution in [3.05, 3.63) is 95.1 Å². The van der Waals surface area contributed by atoms with Crippen molar-refractivity contribution in [2.45, 2.75) is 35.1 Å². The number of aryl methyl sites for hydroxylation is 1. The van der Waals surface area contributed by atoms with E-state index in [-0.39, 0.29) is 23.1 Å². The van der Waals surface area contributed by atoms with Crippen molar-refractivity contribution in [1.82, 2.24) is 5.32 Å². The quantitative estimate of drug-likeness (QED) is 0.444. The molecular weight excluding hydrogens is 454 g/mol. The fraction of sp³-hybridized carbons (Fsp3) is 0.217. The van der Waals surface area contributed by atoms with Crippen molar-refractivity contribution in [1.29, 1.82) is 0 Å². The van der Waals surface area contributed by atoms with Crippen LogP contribution in [0.25, 0.3) is 0 Å². The molecule has 0 amide bonds. The maximum atomic E-state index is 13.3. The fourth-order valence-electron chi connectivity index (χ4n) is 3.84. The molecule has 0 spiro atoms. The lowest BCUT2D eigenvalue weighted by atomic mass is 10.0. The minimum Gasteiger partial charge on any atom is -0.309 e. The Labute approximate surface area is 191 Å². The number of hydrogen-bond acceptors (Lipinski definition) is 5. The normalized spacial score (nSPS) is 18.1. The molecule has 1 unspecified atom stereocenters. The van der Waals surface area contributed by atoms with E-state index in [4.69, 9.17) is 0 Å². The van der Waals surface area contributed by atoms with Crippen LogP contribution >= 0.6 is 23.0 Å². The van der Waals surface area contributed by atoms with Crippen LogP contribution in [0.15, 0.2) is 82.6 Å². The summed E-state index contributed by atoms with van der Waals surface area (Å²) in [5.41, 5.74) is 3.63. The molecule has 166 valence electrons. The van der Waals surface area contributed by atoms with Gasteiger partial charge in [-0.3, -0.25) is 9.11 Å². The Balaban J connectivity index is 0.00000272. The highest BCUT2D eigenvalue weighted by Crippen LogP contribution is 2.62. The Hall–Kier alpha value is -1.87. The third kappa shape index (κ3) is 4.82. The van der Waals surface area contributed by atoms with Crippen LogP contribution in [-0.4, -0.2) is 23.3 Å². The predicted molar refractivity (Wildman–Crippen MR) is 128 cm³/mol. The average molecular weight is 480 g/mol. The summed E-state index contributed by atoms with van der Waals surface area (Å²) in [5, 5.41) is 2.38. The van der Waals surface area contributed by atoms with Crippen LogP contribution in [0.1, 0.15) is 27.5 Å². The van der Waals surface area contributed by atoms with Crippen LogP contribution in [0, 0.1) is 6.92 Å². The minimum absolute atomic E-state index is 0. The molecule has 0 radical (unpaired) electrons. The van der Waals surface area contributed by atoms with E-state index >= 15 is 0 Å². The molecule has 31 heavy (non-hydrogen) atoms. The van der Waals surface area contributed by atoms with Crippen molar-refractivity contribution >= 4 is 32.8 Å². The molecule has 3 aromatic rings. The molecule has 0 fully saturated rings. The van der Waals surface area contributed by atoms with Gasteiger partial charge in [0.05, 0.1) is 15.5 Å². The van der Waals surface area contributed by atoms with Crippen molar-refractivity contribution in [3.8, 4) is 0 Å². The maximum absolute atomic E-state index is 13.3. The van der Waals surface area contributed by atoms with Gasteiger partial charge in [0.15, 0.2) is 9.84 Å². The van der Waals surface area contributed by atoms with Gasteiger partial charge in [-0.1, -0.05) is 60.2 Å². The smallest absolute Gasteiger partial charge is 0.187 e. The third-order valence-electron chi connectivity index (χ3n) is 5.43. The highest BCUT2D eigenvalue weighted by molar-refractivity contribution is 8.25. The van der Waals surface area contributed by atoms with Crippen LogP contribution in [0.2, 0.25) is 0 Å². The zero-order valence-electron chi connectivity index (χ0n) is 17.1. The number of halogens is 1. The lowest BCUT2D eigenvalue weighted by Gasteiger charge is -2.27. The van der Waals surface area contributed by atoms with Gasteiger partial charge in [-0.2, -0.15) is 10.6 Å². The van der Waals surface area contributed by atoms with E-state index in [1.54, 1.807) is 42.5 Å². The molecule has 1 aliphatic rings. The molecule has 1 heterocycles. The lowest BCUT2D eigenvalue weighted by molar-refractivity contribution is 0.491. The number of nitrogens with one attached hydrogen (secondary N) is 1. The number of sulfone groups is 1. The molecule has 1 atom stereocenters. The number of benzene rings is 3. The summed E-state index contributed by atoms with van der Waals surface area (Å²) in [6.45, 7) is 3.11. The van der Waals surface area contributed by atoms with E-state index in [0.717, 1.165) is 11.1 Å². The molecule has 5 nitrogen and oxygen atoms in total. The Morgan fingerprint density at radius 3 is 2.29 bits per heavy atom. The van der Waals surface area contributed by atoms with Crippen LogP contribution in [0.5, 0.6) is 0 Å². The molecule has 0 saturated carbocycles. The minimum atomic E-state index is -3.75. The predicted octanol–water partition coefficient (Wildman–Crippen LogP) is 5.34. The summed E-state index contributed by atoms with van der Waals surface area (Å²) in [7, 11) is -6.91. The number of fused-ring (bicyclic) bond motifs is 1. The first-order chi connectivity index (χ1) is 14.3. The van der Waals surface area contributed by atoms with E-state index in [0.29, 0.717) is 23.5 Å². The van der Waals surface area contributed by atoms with Gasteiger partial charge in [-0.15, -0.1) is 12.4 Å². The Bertz CT molecular complexity index is 1150. The fourth-order valence-corrected chi connectivity index (χ4v) is 8.35. The summed E-state index contributed by atoms with van der Waals surface area (Å²) < 4.78 is 47.9. The Morgan fingerprint density at radius 2 is 1.61 bits per heavy atom. The third-order valence-corrected chi connectivity index (χ3v) is 9.58. The second kappa shape index (κ2) is 9.32. The molecule has 0 bridgehead atoms. The van der Waals surface area contributed by atoms with Crippen molar-refractivity contribution in [2.75, 3.05) is 5.75 Å². The summed E-state index contributed by atoms with van der Waals surface area (Å²) in [6.07, 6.45) is 0. The van der Waals surface area contributed by atoms with Crippen molar-refractivity contribution in [2.24, 2.45) is 0 Å². The highest BCUT2D eigenvalue weighted by atomic mass is 35.5. The molecule has 0 aliphatic carbocycles. The summed E-state index contributed by atoms with van der Waals surface area (Å²) >= 11 is 0. The lowest BCUT2D eigenvalue weighted by Crippen LogP contribution is -2.19. The molecule has 0 aromatic heterocycles. The summed E-state index contributed by atoms with van der Waals surface area (Å²) in [5.74, 6) is -0.200. The van der Waals surface area contributed by atoms with Gasteiger partial charge < -0.3 is 5.32 Å². The van der Waals surface area contributed by atoms with Gasteiger partial charge >= 0.3 is 0 Å². The van der Waals surface area contributed by atoms with Gasteiger partial charge in [-0.05, 0) is 41.8 Å². The van der Waals surface area contributed by atoms with Gasteiger partial charge in [0.1, 0.15) is 5.25 Å².